The van der Waals surface area contributed by atoms with Gasteiger partial charge in [-0.1, -0.05) is 15.9 Å². The normalized spacial score (nSPS) is 10.2. The summed E-state index contributed by atoms with van der Waals surface area (Å²) in [6, 6.07) is 7.73. The Kier molecular flexibility index (Phi) is 1.86. The van der Waals surface area contributed by atoms with Crippen LogP contribution in [0.1, 0.15) is 11.3 Å². The summed E-state index contributed by atoms with van der Waals surface area (Å²) in [5, 5.41) is 9.72. The molecule has 0 N–H and O–H groups in total. The molecule has 0 amide bonds. The van der Waals surface area contributed by atoms with Crippen molar-refractivity contribution in [2.24, 2.45) is 0 Å². The Bertz CT molecular complexity index is 507. The number of halogens is 1. The average Bonchev–Trinajstić information content (AvgIpc) is 2.44. The average molecular weight is 236 g/mol. The molecule has 13 heavy (non-hydrogen) atoms. The maximum atomic E-state index is 8.73. The quantitative estimate of drug-likeness (QED) is 0.703. The summed E-state index contributed by atoms with van der Waals surface area (Å²) in [5.74, 6) is 0.396. The first-order valence-electron chi connectivity index (χ1n) is 3.81. The molecule has 1 heterocycles. The SMILES string of the molecule is Cc1c(C#N)oc2ccc(Br)cc12. The van der Waals surface area contributed by atoms with E-state index in [0.717, 1.165) is 21.0 Å². The molecule has 0 bridgehead atoms. The molecular weight excluding hydrogens is 230 g/mol. The van der Waals surface area contributed by atoms with Gasteiger partial charge in [-0.2, -0.15) is 5.26 Å². The molecular formula is C10H6BrNO. The lowest BCUT2D eigenvalue weighted by Gasteiger charge is -1.89. The van der Waals surface area contributed by atoms with Gasteiger partial charge < -0.3 is 4.42 Å². The molecule has 64 valence electrons. The van der Waals surface area contributed by atoms with E-state index in [0.29, 0.717) is 5.76 Å². The number of furan rings is 1. The van der Waals surface area contributed by atoms with Gasteiger partial charge in [-0.05, 0) is 25.1 Å². The van der Waals surface area contributed by atoms with Crippen molar-refractivity contribution < 1.29 is 4.42 Å². The Morgan fingerprint density at radius 3 is 2.92 bits per heavy atom. The minimum atomic E-state index is 0.396. The van der Waals surface area contributed by atoms with Crippen LogP contribution in [0, 0.1) is 18.3 Å². The summed E-state index contributed by atoms with van der Waals surface area (Å²) in [4.78, 5) is 0. The third-order valence-electron chi connectivity index (χ3n) is 2.00. The fraction of sp³-hybridized carbons (Fsp3) is 0.100. The predicted octanol–water partition coefficient (Wildman–Crippen LogP) is 3.38. The minimum absolute atomic E-state index is 0.396. The number of fused-ring (bicyclic) bond motifs is 1. The lowest BCUT2D eigenvalue weighted by atomic mass is 10.1. The highest BCUT2D eigenvalue weighted by molar-refractivity contribution is 9.10. The molecule has 0 fully saturated rings. The molecule has 0 aliphatic rings. The van der Waals surface area contributed by atoms with Gasteiger partial charge in [0.2, 0.25) is 5.76 Å². The van der Waals surface area contributed by atoms with Crippen LogP contribution < -0.4 is 0 Å². The number of nitrogens with zero attached hydrogens (tertiary/aromatic N) is 1. The van der Waals surface area contributed by atoms with Crippen molar-refractivity contribution >= 4 is 26.9 Å². The number of rotatable bonds is 0. The van der Waals surface area contributed by atoms with Crippen LogP contribution in [0.4, 0.5) is 0 Å². The van der Waals surface area contributed by atoms with Crippen LogP contribution in [0.25, 0.3) is 11.0 Å². The molecule has 0 atom stereocenters. The Hall–Kier alpha value is -1.27. The van der Waals surface area contributed by atoms with Crippen molar-refractivity contribution in [1.82, 2.24) is 0 Å². The smallest absolute Gasteiger partial charge is 0.207 e. The van der Waals surface area contributed by atoms with Crippen molar-refractivity contribution in [3.63, 3.8) is 0 Å². The van der Waals surface area contributed by atoms with Crippen molar-refractivity contribution in [3.05, 3.63) is 34.0 Å². The van der Waals surface area contributed by atoms with Gasteiger partial charge in [-0.25, -0.2) is 0 Å². The van der Waals surface area contributed by atoms with E-state index in [9.17, 15) is 0 Å². The zero-order valence-corrected chi connectivity index (χ0v) is 8.55. The van der Waals surface area contributed by atoms with E-state index in [-0.39, 0.29) is 0 Å². The van der Waals surface area contributed by atoms with Crippen LogP contribution >= 0.6 is 15.9 Å². The van der Waals surface area contributed by atoms with Gasteiger partial charge >= 0.3 is 0 Å². The summed E-state index contributed by atoms with van der Waals surface area (Å²) < 4.78 is 6.31. The molecule has 2 rings (SSSR count). The summed E-state index contributed by atoms with van der Waals surface area (Å²) in [7, 11) is 0. The van der Waals surface area contributed by atoms with Crippen LogP contribution in [-0.2, 0) is 0 Å². The van der Waals surface area contributed by atoms with E-state index in [1.165, 1.54) is 0 Å². The summed E-state index contributed by atoms with van der Waals surface area (Å²) in [5.41, 5.74) is 1.66. The van der Waals surface area contributed by atoms with Crippen molar-refractivity contribution in [3.8, 4) is 6.07 Å². The molecule has 1 aromatic heterocycles. The van der Waals surface area contributed by atoms with Crippen LogP contribution in [0.3, 0.4) is 0 Å². The van der Waals surface area contributed by atoms with E-state index >= 15 is 0 Å². The highest BCUT2D eigenvalue weighted by Gasteiger charge is 2.09. The van der Waals surface area contributed by atoms with Crippen LogP contribution in [0.2, 0.25) is 0 Å². The van der Waals surface area contributed by atoms with Gasteiger partial charge in [-0.3, -0.25) is 0 Å². The standard InChI is InChI=1S/C10H6BrNO/c1-6-8-4-7(11)2-3-9(8)13-10(6)5-12/h2-4H,1H3. The zero-order chi connectivity index (χ0) is 9.42. The van der Waals surface area contributed by atoms with E-state index in [2.05, 4.69) is 15.9 Å². The third kappa shape index (κ3) is 1.24. The highest BCUT2D eigenvalue weighted by atomic mass is 79.9. The van der Waals surface area contributed by atoms with Crippen molar-refractivity contribution in [1.29, 1.82) is 5.26 Å². The minimum Gasteiger partial charge on any atom is -0.445 e. The molecule has 0 aliphatic heterocycles. The largest absolute Gasteiger partial charge is 0.445 e. The molecule has 0 saturated carbocycles. The second-order valence-corrected chi connectivity index (χ2v) is 3.72. The van der Waals surface area contributed by atoms with Crippen LogP contribution in [0.5, 0.6) is 0 Å². The summed E-state index contributed by atoms with van der Waals surface area (Å²) >= 11 is 3.37. The maximum Gasteiger partial charge on any atom is 0.207 e. The molecule has 0 aliphatic carbocycles. The Morgan fingerprint density at radius 2 is 2.23 bits per heavy atom. The molecule has 0 saturated heterocycles. The Labute approximate surface area is 83.9 Å². The third-order valence-corrected chi connectivity index (χ3v) is 2.49. The van der Waals surface area contributed by atoms with Gasteiger partial charge in [0, 0.05) is 15.4 Å². The van der Waals surface area contributed by atoms with Gasteiger partial charge in [0.05, 0.1) is 0 Å². The zero-order valence-electron chi connectivity index (χ0n) is 6.97. The summed E-state index contributed by atoms with van der Waals surface area (Å²) in [6.07, 6.45) is 0. The first-order valence-corrected chi connectivity index (χ1v) is 4.60. The van der Waals surface area contributed by atoms with Crippen LogP contribution in [-0.4, -0.2) is 0 Å². The summed E-state index contributed by atoms with van der Waals surface area (Å²) in [6.45, 7) is 1.89. The van der Waals surface area contributed by atoms with Crippen molar-refractivity contribution in [2.75, 3.05) is 0 Å². The fourth-order valence-electron chi connectivity index (χ4n) is 1.30. The first-order chi connectivity index (χ1) is 6.22. The topological polar surface area (TPSA) is 36.9 Å². The van der Waals surface area contributed by atoms with E-state index < -0.39 is 0 Å². The number of benzene rings is 1. The lowest BCUT2D eigenvalue weighted by Crippen LogP contribution is -1.71. The predicted molar refractivity (Wildman–Crippen MR) is 53.4 cm³/mol. The van der Waals surface area contributed by atoms with Gasteiger partial charge in [0.25, 0.3) is 0 Å². The molecule has 2 aromatic rings. The lowest BCUT2D eigenvalue weighted by molar-refractivity contribution is 0.596. The highest BCUT2D eigenvalue weighted by Crippen LogP contribution is 2.27. The number of aryl methyl sites for hydroxylation is 1. The van der Waals surface area contributed by atoms with Crippen LogP contribution in [0.15, 0.2) is 27.1 Å². The van der Waals surface area contributed by atoms with Gasteiger partial charge in [0.15, 0.2) is 0 Å². The second-order valence-electron chi connectivity index (χ2n) is 2.81. The van der Waals surface area contributed by atoms with Gasteiger partial charge in [-0.15, -0.1) is 0 Å². The van der Waals surface area contributed by atoms with Gasteiger partial charge in [0.1, 0.15) is 11.7 Å². The van der Waals surface area contributed by atoms with E-state index in [1.807, 2.05) is 31.2 Å². The first kappa shape index (κ1) is 8.33. The number of hydrogen-bond donors (Lipinski definition) is 0. The fourth-order valence-corrected chi connectivity index (χ4v) is 1.66. The molecule has 3 heteroatoms. The number of hydrogen-bond acceptors (Lipinski definition) is 2. The van der Waals surface area contributed by atoms with Crippen molar-refractivity contribution in [2.45, 2.75) is 6.92 Å². The molecule has 2 nitrogen and oxygen atoms in total. The monoisotopic (exact) mass is 235 g/mol. The Morgan fingerprint density at radius 1 is 1.46 bits per heavy atom. The molecule has 1 aromatic carbocycles. The number of nitriles is 1. The van der Waals surface area contributed by atoms with E-state index in [4.69, 9.17) is 9.68 Å². The molecule has 0 spiro atoms. The Balaban J connectivity index is 2.87. The maximum absolute atomic E-state index is 8.73. The van der Waals surface area contributed by atoms with E-state index in [1.54, 1.807) is 0 Å². The molecule has 0 unspecified atom stereocenters. The second kappa shape index (κ2) is 2.90. The molecule has 0 radical (unpaired) electrons.